The van der Waals surface area contributed by atoms with Gasteiger partial charge in [-0.05, 0) is 73.2 Å². The summed E-state index contributed by atoms with van der Waals surface area (Å²) in [5.74, 6) is 0.660. The van der Waals surface area contributed by atoms with Gasteiger partial charge in [-0.1, -0.05) is 30.3 Å². The zero-order valence-electron chi connectivity index (χ0n) is 21.6. The number of thiophene rings is 1. The molecule has 4 aromatic rings. The van der Waals surface area contributed by atoms with E-state index >= 15 is 0 Å². The van der Waals surface area contributed by atoms with Gasteiger partial charge in [-0.3, -0.25) is 9.59 Å². The zero-order valence-corrected chi connectivity index (χ0v) is 22.4. The maximum atomic E-state index is 14.1. The largest absolute Gasteiger partial charge is 0.457 e. The van der Waals surface area contributed by atoms with Crippen LogP contribution in [0.5, 0.6) is 11.5 Å². The highest BCUT2D eigenvalue weighted by molar-refractivity contribution is 7.21. The van der Waals surface area contributed by atoms with Gasteiger partial charge in [0, 0.05) is 28.7 Å². The third-order valence-corrected chi connectivity index (χ3v) is 9.26. The third kappa shape index (κ3) is 4.01. The first-order valence-electron chi connectivity index (χ1n) is 13.0. The Hall–Kier alpha value is -3.76. The fourth-order valence-corrected chi connectivity index (χ4v) is 7.20. The molecular formula is C30H31N5O3S. The van der Waals surface area contributed by atoms with E-state index in [1.165, 1.54) is 11.3 Å². The summed E-state index contributed by atoms with van der Waals surface area (Å²) in [5, 5.41) is 3.74. The van der Waals surface area contributed by atoms with Crippen LogP contribution < -0.4 is 33.0 Å². The van der Waals surface area contributed by atoms with Crippen molar-refractivity contribution in [1.82, 2.24) is 5.32 Å². The summed E-state index contributed by atoms with van der Waals surface area (Å²) >= 11 is 1.25. The average molecular weight is 542 g/mol. The smallest absolute Gasteiger partial charge is 0.262 e. The normalized spacial score (nSPS) is 24.2. The summed E-state index contributed by atoms with van der Waals surface area (Å²) in [5.41, 5.74) is 27.7. The zero-order chi connectivity index (χ0) is 27.5. The minimum atomic E-state index is -1.53. The fourth-order valence-electron chi connectivity index (χ4n) is 6.00. The average Bonchev–Trinajstić information content (AvgIpc) is 3.52. The summed E-state index contributed by atoms with van der Waals surface area (Å²) in [6.07, 6.45) is 2.65. The van der Waals surface area contributed by atoms with Crippen molar-refractivity contribution in [3.8, 4) is 11.5 Å². The van der Waals surface area contributed by atoms with Crippen LogP contribution in [0.2, 0.25) is 0 Å². The Morgan fingerprint density at radius 2 is 1.77 bits per heavy atom. The lowest BCUT2D eigenvalue weighted by Gasteiger charge is -2.37. The lowest BCUT2D eigenvalue weighted by atomic mass is 9.69. The Morgan fingerprint density at radius 3 is 2.46 bits per heavy atom. The standard InChI is InChI=1S/C30H31N5O3S/c1-15-14-17(38-16-6-3-2-4-7-16)10-11-18(15)30(34)19-12-13-21(32)26-23(19)24(25(33)28(30)36)27(39-26)29(37)35-22-9-5-8-20(22)31/h2-4,6-7,10-14,20,22,25H,5,8-9,31-34H2,1H3,(H,35,37)/t20-,22-,25?,30?/m1/s1. The number of carbonyl (C=O) groups excluding carboxylic acids is 2. The van der Waals surface area contributed by atoms with Crippen LogP contribution in [-0.4, -0.2) is 23.8 Å². The van der Waals surface area contributed by atoms with Gasteiger partial charge in [-0.2, -0.15) is 0 Å². The molecule has 0 spiro atoms. The number of anilines is 1. The van der Waals surface area contributed by atoms with Crippen molar-refractivity contribution in [1.29, 1.82) is 0 Å². The Kier molecular flexibility index (Phi) is 6.19. The number of aryl methyl sites for hydroxylation is 1. The second kappa shape index (κ2) is 9.46. The van der Waals surface area contributed by atoms with E-state index in [0.29, 0.717) is 48.8 Å². The van der Waals surface area contributed by atoms with E-state index in [1.54, 1.807) is 18.2 Å². The SMILES string of the molecule is Cc1cc(Oc2ccccc2)ccc1C1(N)C(=O)C(N)c2c(C(=O)N[C@@H]3CCC[C@H]3N)sc3c(N)ccc1c23. The summed E-state index contributed by atoms with van der Waals surface area (Å²) in [7, 11) is 0. The fraction of sp³-hybridized carbons (Fsp3) is 0.267. The Morgan fingerprint density at radius 1 is 1.03 bits per heavy atom. The number of rotatable bonds is 5. The second-order valence-electron chi connectivity index (χ2n) is 10.5. The number of para-hydroxylation sites is 1. The van der Waals surface area contributed by atoms with Crippen molar-refractivity contribution >= 4 is 38.8 Å². The first-order valence-corrected chi connectivity index (χ1v) is 13.9. The molecule has 1 saturated carbocycles. The molecular weight excluding hydrogens is 510 g/mol. The van der Waals surface area contributed by atoms with Gasteiger partial charge in [-0.15, -0.1) is 11.3 Å². The molecule has 1 aromatic heterocycles. The number of nitrogens with two attached hydrogens (primary N) is 4. The molecule has 9 heteroatoms. The van der Waals surface area contributed by atoms with Crippen molar-refractivity contribution < 1.29 is 14.3 Å². The number of carbonyl (C=O) groups is 2. The van der Waals surface area contributed by atoms with Crippen LogP contribution in [0.1, 0.15) is 57.2 Å². The molecule has 2 aliphatic rings. The predicted molar refractivity (Wildman–Crippen MR) is 154 cm³/mol. The third-order valence-electron chi connectivity index (χ3n) is 8.01. The minimum Gasteiger partial charge on any atom is -0.457 e. The second-order valence-corrected chi connectivity index (χ2v) is 11.5. The highest BCUT2D eigenvalue weighted by Crippen LogP contribution is 2.50. The minimum absolute atomic E-state index is 0.0934. The van der Waals surface area contributed by atoms with Gasteiger partial charge in [0.25, 0.3) is 5.91 Å². The molecule has 6 rings (SSSR count). The van der Waals surface area contributed by atoms with E-state index < -0.39 is 11.6 Å². The molecule has 39 heavy (non-hydrogen) atoms. The van der Waals surface area contributed by atoms with Crippen LogP contribution in [0.15, 0.2) is 60.7 Å². The van der Waals surface area contributed by atoms with Gasteiger partial charge in [0.1, 0.15) is 17.0 Å². The molecule has 200 valence electrons. The van der Waals surface area contributed by atoms with Crippen molar-refractivity contribution in [2.45, 2.75) is 49.9 Å². The monoisotopic (exact) mass is 541 g/mol. The molecule has 8 nitrogen and oxygen atoms in total. The number of hydrogen-bond donors (Lipinski definition) is 5. The highest BCUT2D eigenvalue weighted by atomic mass is 32.1. The van der Waals surface area contributed by atoms with E-state index in [2.05, 4.69) is 5.32 Å². The van der Waals surface area contributed by atoms with Gasteiger partial charge in [0.2, 0.25) is 0 Å². The Balaban J connectivity index is 1.46. The molecule has 1 fully saturated rings. The number of ether oxygens (including phenoxy) is 1. The number of Topliss-reactive ketones (excluding diaryl/α,β-unsaturated/α-hetero) is 1. The van der Waals surface area contributed by atoms with Gasteiger partial charge in [0.05, 0.1) is 15.6 Å². The summed E-state index contributed by atoms with van der Waals surface area (Å²) in [6, 6.07) is 17.1. The van der Waals surface area contributed by atoms with E-state index in [4.69, 9.17) is 27.7 Å². The van der Waals surface area contributed by atoms with E-state index in [9.17, 15) is 9.59 Å². The Labute approximate surface area is 230 Å². The molecule has 0 bridgehead atoms. The molecule has 3 aromatic carbocycles. The van der Waals surface area contributed by atoms with Crippen LogP contribution in [0.25, 0.3) is 10.1 Å². The Bertz CT molecular complexity index is 1620. The number of nitrogens with one attached hydrogen (secondary N) is 1. The maximum absolute atomic E-state index is 14.1. The van der Waals surface area contributed by atoms with Gasteiger partial charge in [-0.25, -0.2) is 0 Å². The molecule has 0 radical (unpaired) electrons. The van der Waals surface area contributed by atoms with Gasteiger partial charge < -0.3 is 33.0 Å². The van der Waals surface area contributed by atoms with Crippen LogP contribution in [0, 0.1) is 6.92 Å². The van der Waals surface area contributed by atoms with Crippen molar-refractivity contribution in [2.75, 3.05) is 5.73 Å². The van der Waals surface area contributed by atoms with Crippen LogP contribution in [0.3, 0.4) is 0 Å². The van der Waals surface area contributed by atoms with E-state index in [1.807, 2.05) is 49.4 Å². The summed E-state index contributed by atoms with van der Waals surface area (Å²) in [4.78, 5) is 27.9. The molecule has 0 aliphatic heterocycles. The molecule has 2 unspecified atom stereocenters. The number of amides is 1. The lowest BCUT2D eigenvalue weighted by molar-refractivity contribution is -0.124. The quantitative estimate of drug-likeness (QED) is 0.239. The highest BCUT2D eigenvalue weighted by Gasteiger charge is 2.49. The van der Waals surface area contributed by atoms with Crippen molar-refractivity contribution in [3.63, 3.8) is 0 Å². The topological polar surface area (TPSA) is 159 Å². The van der Waals surface area contributed by atoms with Crippen LogP contribution in [-0.2, 0) is 10.3 Å². The number of benzene rings is 3. The predicted octanol–water partition coefficient (Wildman–Crippen LogP) is 3.98. The number of hydrogen-bond acceptors (Lipinski definition) is 8. The van der Waals surface area contributed by atoms with Crippen LogP contribution in [0.4, 0.5) is 5.69 Å². The molecule has 4 atom stereocenters. The lowest BCUT2D eigenvalue weighted by Crippen LogP contribution is -2.53. The van der Waals surface area contributed by atoms with Crippen LogP contribution >= 0.6 is 11.3 Å². The van der Waals surface area contributed by atoms with Crippen molar-refractivity contribution in [2.24, 2.45) is 17.2 Å². The number of ketones is 1. The maximum Gasteiger partial charge on any atom is 0.262 e. The van der Waals surface area contributed by atoms with Crippen molar-refractivity contribution in [3.05, 3.63) is 87.8 Å². The molecule has 1 amide bonds. The molecule has 2 aliphatic carbocycles. The number of nitrogen functional groups attached to an aromatic ring is 1. The van der Waals surface area contributed by atoms with E-state index in [-0.39, 0.29) is 23.8 Å². The molecule has 9 N–H and O–H groups in total. The van der Waals surface area contributed by atoms with E-state index in [0.717, 1.165) is 24.8 Å². The molecule has 1 heterocycles. The first-order chi connectivity index (χ1) is 18.7. The van der Waals surface area contributed by atoms with Gasteiger partial charge in [0.15, 0.2) is 5.78 Å². The summed E-state index contributed by atoms with van der Waals surface area (Å²) < 4.78 is 6.68. The first kappa shape index (κ1) is 25.5. The summed E-state index contributed by atoms with van der Waals surface area (Å²) in [6.45, 7) is 1.89. The molecule has 0 saturated heterocycles. The van der Waals surface area contributed by atoms with Gasteiger partial charge >= 0.3 is 0 Å².